The summed E-state index contributed by atoms with van der Waals surface area (Å²) in [6, 6.07) is 6.56. The molecule has 1 amide bonds. The summed E-state index contributed by atoms with van der Waals surface area (Å²) in [5.41, 5.74) is 1.49. The van der Waals surface area contributed by atoms with E-state index in [2.05, 4.69) is 10.4 Å². The number of nitrogens with zero attached hydrogens (tertiary/aromatic N) is 3. The standard InChI is InChI=1S/C17H21FN4O/c1-12(9-13-5-3-4-6-15(13)18)20-16-7-8-22(17(16)23)14-10-19-21(2)11-14/h3-6,10-12,16,20H,7-9H2,1-2H3/t12-,16+/m1/s1. The average Bonchev–Trinajstić information content (AvgIpc) is 3.08. The molecular formula is C17H21FN4O. The van der Waals surface area contributed by atoms with Gasteiger partial charge in [0.15, 0.2) is 0 Å². The summed E-state index contributed by atoms with van der Waals surface area (Å²) in [6.45, 7) is 2.65. The zero-order valence-electron chi connectivity index (χ0n) is 13.4. The maximum atomic E-state index is 13.7. The van der Waals surface area contributed by atoms with E-state index >= 15 is 0 Å². The van der Waals surface area contributed by atoms with Gasteiger partial charge in [-0.05, 0) is 31.4 Å². The Bertz CT molecular complexity index is 699. The molecule has 1 aromatic carbocycles. The molecule has 23 heavy (non-hydrogen) atoms. The van der Waals surface area contributed by atoms with Crippen molar-refractivity contribution in [3.8, 4) is 0 Å². The first-order valence-corrected chi connectivity index (χ1v) is 7.84. The number of halogens is 1. The molecule has 0 aliphatic carbocycles. The molecule has 2 atom stereocenters. The molecule has 0 radical (unpaired) electrons. The normalized spacial score (nSPS) is 19.3. The molecule has 3 rings (SSSR count). The van der Waals surface area contributed by atoms with Crippen LogP contribution in [0.15, 0.2) is 36.7 Å². The number of amides is 1. The second kappa shape index (κ2) is 6.50. The molecule has 1 aromatic heterocycles. The summed E-state index contributed by atoms with van der Waals surface area (Å²) < 4.78 is 15.4. The van der Waals surface area contributed by atoms with Gasteiger partial charge >= 0.3 is 0 Å². The third-order valence-corrected chi connectivity index (χ3v) is 4.18. The second-order valence-corrected chi connectivity index (χ2v) is 6.07. The fraction of sp³-hybridized carbons (Fsp3) is 0.412. The highest BCUT2D eigenvalue weighted by molar-refractivity contribution is 5.99. The molecule has 2 aromatic rings. The first kappa shape index (κ1) is 15.7. The van der Waals surface area contributed by atoms with Gasteiger partial charge in [-0.25, -0.2) is 4.39 Å². The number of aryl methyl sites for hydroxylation is 1. The first-order chi connectivity index (χ1) is 11.0. The van der Waals surface area contributed by atoms with Crippen molar-refractivity contribution in [2.45, 2.75) is 31.8 Å². The van der Waals surface area contributed by atoms with Gasteiger partial charge < -0.3 is 10.2 Å². The van der Waals surface area contributed by atoms with Gasteiger partial charge in [-0.3, -0.25) is 9.48 Å². The Morgan fingerprint density at radius 2 is 2.22 bits per heavy atom. The van der Waals surface area contributed by atoms with Crippen molar-refractivity contribution in [3.05, 3.63) is 48.0 Å². The van der Waals surface area contributed by atoms with Gasteiger partial charge in [0, 0.05) is 25.8 Å². The smallest absolute Gasteiger partial charge is 0.244 e. The van der Waals surface area contributed by atoms with Crippen molar-refractivity contribution in [2.75, 3.05) is 11.4 Å². The van der Waals surface area contributed by atoms with Crippen molar-refractivity contribution in [1.82, 2.24) is 15.1 Å². The predicted octanol–water partition coefficient (Wildman–Crippen LogP) is 1.89. The number of carbonyl (C=O) groups is 1. The lowest BCUT2D eigenvalue weighted by molar-refractivity contribution is -0.119. The number of hydrogen-bond acceptors (Lipinski definition) is 3. The van der Waals surface area contributed by atoms with Crippen LogP contribution < -0.4 is 10.2 Å². The summed E-state index contributed by atoms with van der Waals surface area (Å²) >= 11 is 0. The second-order valence-electron chi connectivity index (χ2n) is 6.07. The van der Waals surface area contributed by atoms with Crippen LogP contribution in [0.25, 0.3) is 0 Å². The van der Waals surface area contributed by atoms with E-state index < -0.39 is 0 Å². The Balaban J connectivity index is 1.60. The Hall–Kier alpha value is -2.21. The molecule has 1 aliphatic heterocycles. The molecule has 0 saturated carbocycles. The minimum Gasteiger partial charge on any atom is -0.308 e. The zero-order chi connectivity index (χ0) is 16.4. The summed E-state index contributed by atoms with van der Waals surface area (Å²) in [6.07, 6.45) is 4.84. The van der Waals surface area contributed by atoms with Crippen LogP contribution in [0.3, 0.4) is 0 Å². The van der Waals surface area contributed by atoms with Gasteiger partial charge in [-0.1, -0.05) is 18.2 Å². The number of aromatic nitrogens is 2. The molecular weight excluding hydrogens is 295 g/mol. The van der Waals surface area contributed by atoms with E-state index in [0.717, 1.165) is 12.1 Å². The predicted molar refractivity (Wildman–Crippen MR) is 86.7 cm³/mol. The van der Waals surface area contributed by atoms with Crippen LogP contribution >= 0.6 is 0 Å². The van der Waals surface area contributed by atoms with Crippen LogP contribution in [0.4, 0.5) is 10.1 Å². The van der Waals surface area contributed by atoms with Gasteiger partial charge in [-0.15, -0.1) is 0 Å². The minimum atomic E-state index is -0.225. The summed E-state index contributed by atoms with van der Waals surface area (Å²) in [4.78, 5) is 14.3. The Labute approximate surface area is 135 Å². The van der Waals surface area contributed by atoms with Crippen LogP contribution in [0.2, 0.25) is 0 Å². The molecule has 6 heteroatoms. The van der Waals surface area contributed by atoms with E-state index in [1.54, 1.807) is 27.9 Å². The summed E-state index contributed by atoms with van der Waals surface area (Å²) in [7, 11) is 1.83. The minimum absolute atomic E-state index is 0.0229. The number of rotatable bonds is 5. The van der Waals surface area contributed by atoms with E-state index in [1.807, 2.05) is 26.2 Å². The third kappa shape index (κ3) is 3.42. The van der Waals surface area contributed by atoms with Crippen LogP contribution in [-0.2, 0) is 18.3 Å². The van der Waals surface area contributed by atoms with E-state index in [1.165, 1.54) is 6.07 Å². The molecule has 1 aliphatic rings. The van der Waals surface area contributed by atoms with Gasteiger partial charge in [0.1, 0.15) is 5.82 Å². The van der Waals surface area contributed by atoms with E-state index in [4.69, 9.17) is 0 Å². The molecule has 0 spiro atoms. The topological polar surface area (TPSA) is 50.2 Å². The van der Waals surface area contributed by atoms with Crippen molar-refractivity contribution in [3.63, 3.8) is 0 Å². The number of nitrogens with one attached hydrogen (secondary N) is 1. The first-order valence-electron chi connectivity index (χ1n) is 7.84. The third-order valence-electron chi connectivity index (χ3n) is 4.18. The van der Waals surface area contributed by atoms with E-state index in [0.29, 0.717) is 18.5 Å². The van der Waals surface area contributed by atoms with Crippen molar-refractivity contribution in [1.29, 1.82) is 0 Å². The van der Waals surface area contributed by atoms with Crippen molar-refractivity contribution in [2.24, 2.45) is 7.05 Å². The average molecular weight is 316 g/mol. The lowest BCUT2D eigenvalue weighted by Crippen LogP contribution is -2.43. The van der Waals surface area contributed by atoms with Crippen LogP contribution in [0.1, 0.15) is 18.9 Å². The molecule has 5 nitrogen and oxygen atoms in total. The maximum Gasteiger partial charge on any atom is 0.244 e. The largest absolute Gasteiger partial charge is 0.308 e. The Kier molecular flexibility index (Phi) is 4.43. The van der Waals surface area contributed by atoms with Gasteiger partial charge in [0.25, 0.3) is 0 Å². The molecule has 0 unspecified atom stereocenters. The van der Waals surface area contributed by atoms with Gasteiger partial charge in [0.2, 0.25) is 5.91 Å². The summed E-state index contributed by atoms with van der Waals surface area (Å²) in [5, 5.41) is 7.43. The highest BCUT2D eigenvalue weighted by Crippen LogP contribution is 2.21. The fourth-order valence-corrected chi connectivity index (χ4v) is 3.03. The zero-order valence-corrected chi connectivity index (χ0v) is 13.4. The van der Waals surface area contributed by atoms with Crippen LogP contribution in [0, 0.1) is 5.82 Å². The lowest BCUT2D eigenvalue weighted by Gasteiger charge is -2.19. The molecule has 122 valence electrons. The summed E-state index contributed by atoms with van der Waals surface area (Å²) in [5.74, 6) is -0.144. The van der Waals surface area contributed by atoms with Crippen molar-refractivity contribution >= 4 is 11.6 Å². The molecule has 1 N–H and O–H groups in total. The lowest BCUT2D eigenvalue weighted by atomic mass is 10.1. The monoisotopic (exact) mass is 316 g/mol. The number of anilines is 1. The van der Waals surface area contributed by atoms with Crippen LogP contribution in [0.5, 0.6) is 0 Å². The van der Waals surface area contributed by atoms with Gasteiger partial charge in [-0.2, -0.15) is 5.10 Å². The highest BCUT2D eigenvalue weighted by atomic mass is 19.1. The molecule has 0 bridgehead atoms. The quantitative estimate of drug-likeness (QED) is 0.916. The van der Waals surface area contributed by atoms with Crippen molar-refractivity contribution < 1.29 is 9.18 Å². The SMILES string of the molecule is C[C@H](Cc1ccccc1F)N[C@H]1CCN(c2cnn(C)c2)C1=O. The molecule has 1 fully saturated rings. The van der Waals surface area contributed by atoms with Crippen LogP contribution in [-0.4, -0.2) is 34.3 Å². The Morgan fingerprint density at radius 3 is 2.91 bits per heavy atom. The Morgan fingerprint density at radius 1 is 1.43 bits per heavy atom. The maximum absolute atomic E-state index is 13.7. The number of carbonyl (C=O) groups excluding carboxylic acids is 1. The number of hydrogen-bond donors (Lipinski definition) is 1. The fourth-order valence-electron chi connectivity index (χ4n) is 3.03. The highest BCUT2D eigenvalue weighted by Gasteiger charge is 2.33. The molecule has 2 heterocycles. The van der Waals surface area contributed by atoms with Gasteiger partial charge in [0.05, 0.1) is 17.9 Å². The molecule has 1 saturated heterocycles. The number of benzene rings is 1. The van der Waals surface area contributed by atoms with E-state index in [-0.39, 0.29) is 23.8 Å². The van der Waals surface area contributed by atoms with E-state index in [9.17, 15) is 9.18 Å².